The number of ether oxygens (including phenoxy) is 2. The molecular weight excluding hydrogens is 545 g/mol. The van der Waals surface area contributed by atoms with Gasteiger partial charge in [-0.1, -0.05) is 75.2 Å². The third-order valence-corrected chi connectivity index (χ3v) is 8.76. The first-order valence-corrected chi connectivity index (χ1v) is 14.6. The van der Waals surface area contributed by atoms with E-state index < -0.39 is 5.92 Å². The highest BCUT2D eigenvalue weighted by molar-refractivity contribution is 6.35. The Morgan fingerprint density at radius 2 is 1.48 bits per heavy atom. The van der Waals surface area contributed by atoms with Crippen LogP contribution in [-0.2, 0) is 20.9 Å². The van der Waals surface area contributed by atoms with Crippen molar-refractivity contribution in [1.29, 1.82) is 0 Å². The average molecular weight is 583 g/mol. The molecule has 2 aliphatic carbocycles. The van der Waals surface area contributed by atoms with E-state index in [1.165, 1.54) is 0 Å². The van der Waals surface area contributed by atoms with E-state index in [9.17, 15) is 9.59 Å². The van der Waals surface area contributed by atoms with Gasteiger partial charge in [-0.05, 0) is 41.9 Å². The first-order valence-electron chi connectivity index (χ1n) is 13.9. The normalized spacial score (nSPS) is 20.5. The molecule has 212 valence electrons. The van der Waals surface area contributed by atoms with Crippen LogP contribution >= 0.6 is 23.2 Å². The van der Waals surface area contributed by atoms with Crippen LogP contribution in [0.3, 0.4) is 0 Å². The largest absolute Gasteiger partial charge is 0.489 e. The van der Waals surface area contributed by atoms with Gasteiger partial charge >= 0.3 is 0 Å². The Morgan fingerprint density at radius 3 is 2.05 bits per heavy atom. The van der Waals surface area contributed by atoms with Gasteiger partial charge in [0.15, 0.2) is 11.6 Å². The Hall–Kier alpha value is -2.60. The van der Waals surface area contributed by atoms with Crippen LogP contribution in [0.25, 0.3) is 0 Å². The lowest BCUT2D eigenvalue weighted by molar-refractivity contribution is -0.119. The Kier molecular flexibility index (Phi) is 7.95. The van der Waals surface area contributed by atoms with Crippen LogP contribution in [0.15, 0.2) is 65.0 Å². The summed E-state index contributed by atoms with van der Waals surface area (Å²) in [5.74, 6) is 0.350. The van der Waals surface area contributed by atoms with Crippen molar-refractivity contribution in [3.05, 3.63) is 86.2 Å². The number of nitrogens with zero attached hydrogens (tertiary/aromatic N) is 1. The van der Waals surface area contributed by atoms with Gasteiger partial charge in [0, 0.05) is 76.1 Å². The molecule has 0 fully saturated rings. The molecule has 0 radical (unpaired) electrons. The number of carbonyl (C=O) groups excluding carboxylic acids is 2. The van der Waals surface area contributed by atoms with Crippen molar-refractivity contribution in [2.45, 2.75) is 65.9 Å². The Morgan fingerprint density at radius 1 is 0.875 bits per heavy atom. The summed E-state index contributed by atoms with van der Waals surface area (Å²) in [6, 6.07) is 13.1. The molecule has 0 atom stereocenters. The van der Waals surface area contributed by atoms with Gasteiger partial charge in [-0.3, -0.25) is 9.59 Å². The van der Waals surface area contributed by atoms with Crippen LogP contribution in [0.4, 0.5) is 0 Å². The van der Waals surface area contributed by atoms with Gasteiger partial charge in [0.05, 0.1) is 6.61 Å². The second kappa shape index (κ2) is 11.0. The SMILES string of the molecule is COCCN1C2=C(C(=O)CC(C)(C)C2)C(c2ccccc2OCc2ccc(Cl)cc2Cl)C2=C1CC(C)(C)CC2=O. The number of Topliss-reactive ketones (excluding diaryl/α,β-unsaturated/α-hetero) is 2. The fourth-order valence-electron chi connectivity index (χ4n) is 6.46. The van der Waals surface area contributed by atoms with E-state index in [4.69, 9.17) is 32.7 Å². The molecule has 0 unspecified atom stereocenters. The summed E-state index contributed by atoms with van der Waals surface area (Å²) in [7, 11) is 1.68. The van der Waals surface area contributed by atoms with Crippen molar-refractivity contribution < 1.29 is 19.1 Å². The van der Waals surface area contributed by atoms with Crippen LogP contribution in [0.2, 0.25) is 10.0 Å². The van der Waals surface area contributed by atoms with E-state index in [0.29, 0.717) is 41.8 Å². The van der Waals surface area contributed by atoms with E-state index in [-0.39, 0.29) is 29.0 Å². The quantitative estimate of drug-likeness (QED) is 0.332. The monoisotopic (exact) mass is 581 g/mol. The van der Waals surface area contributed by atoms with E-state index in [1.54, 1.807) is 19.2 Å². The van der Waals surface area contributed by atoms with Gasteiger partial charge in [-0.25, -0.2) is 0 Å². The average Bonchev–Trinajstić information content (AvgIpc) is 2.85. The van der Waals surface area contributed by atoms with E-state index in [0.717, 1.165) is 46.5 Å². The van der Waals surface area contributed by atoms with Gasteiger partial charge in [0.2, 0.25) is 0 Å². The second-order valence-electron chi connectivity index (χ2n) is 12.7. The van der Waals surface area contributed by atoms with Crippen LogP contribution < -0.4 is 4.74 Å². The van der Waals surface area contributed by atoms with Crippen molar-refractivity contribution in [2.75, 3.05) is 20.3 Å². The van der Waals surface area contributed by atoms with E-state index in [2.05, 4.69) is 32.6 Å². The summed E-state index contributed by atoms with van der Waals surface area (Å²) >= 11 is 12.5. The fraction of sp³-hybridized carbons (Fsp3) is 0.455. The summed E-state index contributed by atoms with van der Waals surface area (Å²) in [4.78, 5) is 30.2. The van der Waals surface area contributed by atoms with Crippen LogP contribution in [0, 0.1) is 10.8 Å². The lowest BCUT2D eigenvalue weighted by Crippen LogP contribution is -2.45. The lowest BCUT2D eigenvalue weighted by atomic mass is 9.63. The number of hydrogen-bond acceptors (Lipinski definition) is 5. The zero-order chi connectivity index (χ0) is 28.8. The van der Waals surface area contributed by atoms with Crippen molar-refractivity contribution in [3.8, 4) is 5.75 Å². The molecule has 5 rings (SSSR count). The third-order valence-electron chi connectivity index (χ3n) is 8.17. The highest BCUT2D eigenvalue weighted by Crippen LogP contribution is 2.55. The molecule has 0 saturated carbocycles. The maximum atomic E-state index is 14.0. The molecule has 1 heterocycles. The highest BCUT2D eigenvalue weighted by atomic mass is 35.5. The van der Waals surface area contributed by atoms with Crippen LogP contribution in [-0.4, -0.2) is 36.7 Å². The summed E-state index contributed by atoms with van der Waals surface area (Å²) in [5.41, 5.74) is 4.76. The van der Waals surface area contributed by atoms with Gasteiger partial charge in [0.25, 0.3) is 0 Å². The van der Waals surface area contributed by atoms with Gasteiger partial charge in [-0.15, -0.1) is 0 Å². The predicted octanol–water partition coefficient (Wildman–Crippen LogP) is 7.90. The molecule has 40 heavy (non-hydrogen) atoms. The summed E-state index contributed by atoms with van der Waals surface area (Å²) in [5, 5.41) is 1.09. The zero-order valence-corrected chi connectivity index (χ0v) is 25.4. The number of benzene rings is 2. The van der Waals surface area contributed by atoms with E-state index >= 15 is 0 Å². The highest BCUT2D eigenvalue weighted by Gasteiger charge is 2.49. The minimum Gasteiger partial charge on any atom is -0.489 e. The summed E-state index contributed by atoms with van der Waals surface area (Å²) in [6.07, 6.45) is 2.38. The number of rotatable bonds is 7. The predicted molar refractivity (Wildman–Crippen MR) is 159 cm³/mol. The topological polar surface area (TPSA) is 55.8 Å². The zero-order valence-electron chi connectivity index (χ0n) is 23.9. The Balaban J connectivity index is 1.66. The van der Waals surface area contributed by atoms with Gasteiger partial charge < -0.3 is 14.4 Å². The second-order valence-corrected chi connectivity index (χ2v) is 13.6. The molecule has 7 heteroatoms. The summed E-state index contributed by atoms with van der Waals surface area (Å²) < 4.78 is 11.9. The fourth-order valence-corrected chi connectivity index (χ4v) is 6.92. The molecule has 0 aromatic heterocycles. The third kappa shape index (κ3) is 5.61. The molecular formula is C33H37Cl2NO4. The number of halogens is 2. The van der Waals surface area contributed by atoms with Crippen molar-refractivity contribution in [3.63, 3.8) is 0 Å². The van der Waals surface area contributed by atoms with Gasteiger partial charge in [-0.2, -0.15) is 0 Å². The number of allylic oxidation sites excluding steroid dienone is 4. The standard InChI is InChI=1S/C33H37Cl2NO4/c1-32(2)15-24-30(26(37)17-32)29(31-25(36(24)12-13-39-5)16-33(3,4)18-27(31)38)22-8-6-7-9-28(22)40-19-20-10-11-21(34)14-23(20)35/h6-11,14,29H,12-13,15-19H2,1-5H3. The number of ketones is 2. The lowest BCUT2D eigenvalue weighted by Gasteiger charge is -2.49. The van der Waals surface area contributed by atoms with Crippen molar-refractivity contribution >= 4 is 34.8 Å². The van der Waals surface area contributed by atoms with Crippen LogP contribution in [0.5, 0.6) is 5.75 Å². The smallest absolute Gasteiger partial charge is 0.162 e. The van der Waals surface area contributed by atoms with Crippen molar-refractivity contribution in [2.24, 2.45) is 10.8 Å². The maximum Gasteiger partial charge on any atom is 0.162 e. The van der Waals surface area contributed by atoms with Gasteiger partial charge in [0.1, 0.15) is 12.4 Å². The molecule has 2 aromatic rings. The minimum absolute atomic E-state index is 0.0957. The molecule has 2 aromatic carbocycles. The molecule has 5 nitrogen and oxygen atoms in total. The Labute approximate surface area is 247 Å². The van der Waals surface area contributed by atoms with E-state index in [1.807, 2.05) is 30.3 Å². The Bertz CT molecular complexity index is 1370. The maximum absolute atomic E-state index is 14.0. The number of carbonyl (C=O) groups is 2. The molecule has 1 aliphatic heterocycles. The number of methoxy groups -OCH3 is 1. The molecule has 0 N–H and O–H groups in total. The minimum atomic E-state index is -0.479. The summed E-state index contributed by atoms with van der Waals surface area (Å²) in [6.45, 7) is 9.91. The first-order chi connectivity index (χ1) is 18.9. The molecule has 3 aliphatic rings. The first kappa shape index (κ1) is 28.9. The van der Waals surface area contributed by atoms with Crippen molar-refractivity contribution in [1.82, 2.24) is 4.90 Å². The molecule has 0 bridgehead atoms. The molecule has 0 spiro atoms. The molecule has 0 saturated heterocycles. The number of para-hydroxylation sites is 1. The van der Waals surface area contributed by atoms with Crippen LogP contribution in [0.1, 0.15) is 70.4 Å². The number of hydrogen-bond donors (Lipinski definition) is 0. The molecule has 0 amide bonds.